The van der Waals surface area contributed by atoms with Crippen molar-refractivity contribution in [3.05, 3.63) is 12.3 Å². The van der Waals surface area contributed by atoms with Gasteiger partial charge in [0.15, 0.2) is 0 Å². The molecule has 0 atom stereocenters. The summed E-state index contributed by atoms with van der Waals surface area (Å²) in [6, 6.07) is 0. The number of carbonyl (C=O) groups excluding carboxylic acids is 2. The molecule has 4 heteroatoms. The van der Waals surface area contributed by atoms with Crippen LogP contribution in [0.2, 0.25) is 0 Å². The van der Waals surface area contributed by atoms with Crippen LogP contribution >= 0.6 is 0 Å². The molecule has 0 aromatic carbocycles. The van der Waals surface area contributed by atoms with Gasteiger partial charge in [-0.3, -0.25) is 0 Å². The normalized spacial score (nSPS) is 8.00. The fourth-order valence-electron chi connectivity index (χ4n) is 0.686. The molecule has 0 spiro atoms. The summed E-state index contributed by atoms with van der Waals surface area (Å²) >= 11 is 0. The van der Waals surface area contributed by atoms with E-state index in [9.17, 15) is 9.59 Å². The van der Waals surface area contributed by atoms with Crippen LogP contribution in [0.25, 0.3) is 0 Å². The largest absolute Gasteiger partial charge is 0.240 e. The van der Waals surface area contributed by atoms with E-state index in [2.05, 4.69) is 16.6 Å². The molecule has 0 radical (unpaired) electrons. The third-order valence-electron chi connectivity index (χ3n) is 1.25. The van der Waals surface area contributed by atoms with E-state index in [1.807, 2.05) is 0 Å². The maximum atomic E-state index is 9.73. The van der Waals surface area contributed by atoms with Crippen molar-refractivity contribution in [3.8, 4) is 0 Å². The molecule has 0 aromatic rings. The smallest absolute Gasteiger partial charge is 0.211 e. The van der Waals surface area contributed by atoms with Crippen molar-refractivity contribution in [2.45, 2.75) is 19.3 Å². The molecule has 0 amide bonds. The van der Waals surface area contributed by atoms with Gasteiger partial charge in [0.1, 0.15) is 0 Å². The molecule has 0 bridgehead atoms. The number of rotatable bonds is 6. The molecule has 0 saturated carbocycles. The van der Waals surface area contributed by atoms with Gasteiger partial charge in [-0.15, -0.1) is 0 Å². The fraction of sp³-hybridized carbons (Fsp3) is 0.500. The Bertz CT molecular complexity index is 235. The van der Waals surface area contributed by atoms with Crippen LogP contribution in [0.1, 0.15) is 19.3 Å². The lowest BCUT2D eigenvalue weighted by molar-refractivity contribution is 0.562. The topological polar surface area (TPSA) is 58.9 Å². The number of allylic oxidation sites excluding steroid dienone is 1. The van der Waals surface area contributed by atoms with Gasteiger partial charge in [-0.25, -0.2) is 14.6 Å². The van der Waals surface area contributed by atoms with Gasteiger partial charge in [-0.05, 0) is 19.3 Å². The number of hydrogen-bond donors (Lipinski definition) is 0. The Labute approximate surface area is 70.7 Å². The number of isocyanates is 2. The lowest BCUT2D eigenvalue weighted by Crippen LogP contribution is -1.82. The average Bonchev–Trinajstić information content (AvgIpc) is 2.05. The van der Waals surface area contributed by atoms with Crippen molar-refractivity contribution in [2.24, 2.45) is 9.98 Å². The van der Waals surface area contributed by atoms with Crippen LogP contribution in [0, 0.1) is 0 Å². The van der Waals surface area contributed by atoms with Crippen molar-refractivity contribution >= 4 is 12.2 Å². The molecule has 0 unspecified atom stereocenters. The minimum Gasteiger partial charge on any atom is -0.211 e. The molecule has 0 saturated heterocycles. The number of hydrogen-bond acceptors (Lipinski definition) is 4. The summed E-state index contributed by atoms with van der Waals surface area (Å²) in [7, 11) is 0. The van der Waals surface area contributed by atoms with Crippen molar-refractivity contribution < 1.29 is 9.59 Å². The van der Waals surface area contributed by atoms with Crippen molar-refractivity contribution in [2.75, 3.05) is 6.54 Å². The Morgan fingerprint density at radius 3 is 2.58 bits per heavy atom. The highest BCUT2D eigenvalue weighted by Crippen LogP contribution is 2.04. The quantitative estimate of drug-likeness (QED) is 0.339. The number of unbranched alkanes of at least 4 members (excludes halogenated alkanes) is 1. The Balaban J connectivity index is 3.37. The zero-order valence-corrected chi connectivity index (χ0v) is 6.75. The van der Waals surface area contributed by atoms with Gasteiger partial charge in [0.05, 0.1) is 6.54 Å². The van der Waals surface area contributed by atoms with Crippen LogP contribution in [0.4, 0.5) is 0 Å². The molecule has 0 rings (SSSR count). The average molecular weight is 166 g/mol. The first kappa shape index (κ1) is 10.5. The lowest BCUT2D eigenvalue weighted by Gasteiger charge is -1.94. The van der Waals surface area contributed by atoms with E-state index < -0.39 is 0 Å². The summed E-state index contributed by atoms with van der Waals surface area (Å²) in [4.78, 5) is 26.1. The molecule has 0 aliphatic heterocycles. The predicted octanol–water partition coefficient (Wildman–Crippen LogP) is 1.34. The van der Waals surface area contributed by atoms with E-state index in [0.29, 0.717) is 18.7 Å². The Hall–Kier alpha value is -1.50. The standard InChI is InChI=1S/C8H10N2O2/c1-8(10-7-12)4-2-3-5-9-6-11/h1-5H2. The van der Waals surface area contributed by atoms with Gasteiger partial charge in [-0.2, -0.15) is 4.99 Å². The van der Waals surface area contributed by atoms with Gasteiger partial charge in [0.25, 0.3) is 0 Å². The highest BCUT2D eigenvalue weighted by molar-refractivity contribution is 5.36. The summed E-state index contributed by atoms with van der Waals surface area (Å²) in [6.07, 6.45) is 5.09. The van der Waals surface area contributed by atoms with E-state index in [0.717, 1.165) is 12.8 Å². The Kier molecular flexibility index (Phi) is 6.65. The van der Waals surface area contributed by atoms with Crippen molar-refractivity contribution in [3.63, 3.8) is 0 Å². The van der Waals surface area contributed by atoms with Crippen LogP contribution in [0.15, 0.2) is 22.3 Å². The van der Waals surface area contributed by atoms with Crippen molar-refractivity contribution in [1.82, 2.24) is 0 Å². The first-order valence-electron chi connectivity index (χ1n) is 3.60. The molecular weight excluding hydrogens is 156 g/mol. The summed E-state index contributed by atoms with van der Waals surface area (Å²) < 4.78 is 0. The number of aliphatic imine (C=N–C) groups is 2. The van der Waals surface area contributed by atoms with Gasteiger partial charge in [0.2, 0.25) is 12.2 Å². The highest BCUT2D eigenvalue weighted by atomic mass is 16.1. The van der Waals surface area contributed by atoms with Gasteiger partial charge < -0.3 is 0 Å². The highest BCUT2D eigenvalue weighted by Gasteiger charge is 1.91. The summed E-state index contributed by atoms with van der Waals surface area (Å²) in [5.74, 6) is 0. The van der Waals surface area contributed by atoms with E-state index >= 15 is 0 Å². The zero-order valence-electron chi connectivity index (χ0n) is 6.75. The number of nitrogens with zero attached hydrogens (tertiary/aromatic N) is 2. The first-order valence-corrected chi connectivity index (χ1v) is 3.60. The second-order valence-electron chi connectivity index (χ2n) is 2.20. The molecule has 0 heterocycles. The molecule has 12 heavy (non-hydrogen) atoms. The molecule has 4 nitrogen and oxygen atoms in total. The second-order valence-corrected chi connectivity index (χ2v) is 2.20. The van der Waals surface area contributed by atoms with Crippen LogP contribution in [0.5, 0.6) is 0 Å². The van der Waals surface area contributed by atoms with E-state index in [-0.39, 0.29) is 0 Å². The third-order valence-corrected chi connectivity index (χ3v) is 1.25. The van der Waals surface area contributed by atoms with Crippen molar-refractivity contribution in [1.29, 1.82) is 0 Å². The maximum absolute atomic E-state index is 9.73. The van der Waals surface area contributed by atoms with Crippen LogP contribution in [0.3, 0.4) is 0 Å². The van der Waals surface area contributed by atoms with Crippen LogP contribution in [-0.2, 0) is 9.59 Å². The molecule has 0 aliphatic carbocycles. The SMILES string of the molecule is C=C(CCCCN=C=O)N=C=O. The third kappa shape index (κ3) is 6.62. The summed E-state index contributed by atoms with van der Waals surface area (Å²) in [5.41, 5.74) is 0.514. The molecule has 0 aliphatic rings. The molecule has 0 N–H and O–H groups in total. The van der Waals surface area contributed by atoms with Gasteiger partial charge in [-0.1, -0.05) is 6.58 Å². The van der Waals surface area contributed by atoms with Gasteiger partial charge in [0, 0.05) is 5.70 Å². The molecule has 0 fully saturated rings. The summed E-state index contributed by atoms with van der Waals surface area (Å²) in [6.45, 7) is 4.00. The van der Waals surface area contributed by atoms with Crippen LogP contribution < -0.4 is 0 Å². The van der Waals surface area contributed by atoms with E-state index in [4.69, 9.17) is 0 Å². The zero-order chi connectivity index (χ0) is 9.23. The minimum absolute atomic E-state index is 0.474. The summed E-state index contributed by atoms with van der Waals surface area (Å²) in [5, 5.41) is 0. The second kappa shape index (κ2) is 7.61. The Morgan fingerprint density at radius 1 is 1.25 bits per heavy atom. The Morgan fingerprint density at radius 2 is 2.00 bits per heavy atom. The van der Waals surface area contributed by atoms with Crippen LogP contribution in [-0.4, -0.2) is 18.7 Å². The lowest BCUT2D eigenvalue weighted by atomic mass is 10.2. The predicted molar refractivity (Wildman–Crippen MR) is 44.1 cm³/mol. The first-order chi connectivity index (χ1) is 5.81. The molecule has 64 valence electrons. The monoisotopic (exact) mass is 166 g/mol. The fourth-order valence-corrected chi connectivity index (χ4v) is 0.686. The van der Waals surface area contributed by atoms with E-state index in [1.54, 1.807) is 0 Å². The van der Waals surface area contributed by atoms with E-state index in [1.165, 1.54) is 12.2 Å². The molecule has 0 aromatic heterocycles. The molecular formula is C8H10N2O2. The maximum Gasteiger partial charge on any atom is 0.240 e. The van der Waals surface area contributed by atoms with Gasteiger partial charge >= 0.3 is 0 Å². The minimum atomic E-state index is 0.474.